The van der Waals surface area contributed by atoms with Crippen molar-refractivity contribution in [1.29, 1.82) is 0 Å². The molecule has 3 aromatic rings. The number of hydrogen-bond acceptors (Lipinski definition) is 7. The zero-order valence-corrected chi connectivity index (χ0v) is 18.5. The van der Waals surface area contributed by atoms with Crippen molar-refractivity contribution >= 4 is 23.1 Å². The lowest BCUT2D eigenvalue weighted by atomic mass is 10.2. The molecule has 5 nitrogen and oxygen atoms in total. The summed E-state index contributed by atoms with van der Waals surface area (Å²) in [6.07, 6.45) is 1.02. The maximum Gasteiger partial charge on any atom is 0.147 e. The van der Waals surface area contributed by atoms with E-state index in [0.29, 0.717) is 6.61 Å². The molecule has 3 rings (SSSR count). The number of thioether (sulfide) groups is 1. The van der Waals surface area contributed by atoms with Crippen LogP contribution < -0.4 is 9.47 Å². The average molecular weight is 430 g/mol. The molecule has 0 saturated heterocycles. The Morgan fingerprint density at radius 1 is 0.897 bits per heavy atom. The van der Waals surface area contributed by atoms with Crippen LogP contribution in [-0.2, 0) is 5.75 Å². The maximum absolute atomic E-state index is 5.79. The van der Waals surface area contributed by atoms with E-state index in [9.17, 15) is 0 Å². The van der Waals surface area contributed by atoms with Crippen LogP contribution in [0.2, 0.25) is 0 Å². The third-order valence-corrected chi connectivity index (χ3v) is 6.14. The van der Waals surface area contributed by atoms with Crippen molar-refractivity contribution in [2.45, 2.75) is 12.2 Å². The van der Waals surface area contributed by atoms with E-state index in [1.54, 1.807) is 11.3 Å². The molecule has 29 heavy (non-hydrogen) atoms. The zero-order chi connectivity index (χ0) is 20.3. The highest BCUT2D eigenvalue weighted by molar-refractivity contribution is 7.98. The largest absolute Gasteiger partial charge is 0.494 e. The van der Waals surface area contributed by atoms with Crippen molar-refractivity contribution in [3.05, 3.63) is 59.6 Å². The van der Waals surface area contributed by atoms with Gasteiger partial charge in [-0.25, -0.2) is 0 Å². The number of aromatic nitrogens is 2. The van der Waals surface area contributed by atoms with Crippen LogP contribution >= 0.6 is 23.1 Å². The minimum atomic E-state index is 0.691. The molecule has 1 aromatic heterocycles. The molecule has 0 fully saturated rings. The Morgan fingerprint density at radius 3 is 2.38 bits per heavy atom. The van der Waals surface area contributed by atoms with Crippen molar-refractivity contribution in [1.82, 2.24) is 15.1 Å². The van der Waals surface area contributed by atoms with Crippen LogP contribution in [0.15, 0.2) is 54.6 Å². The fraction of sp³-hybridized carbons (Fsp3) is 0.364. The predicted molar refractivity (Wildman–Crippen MR) is 122 cm³/mol. The van der Waals surface area contributed by atoms with E-state index in [-0.39, 0.29) is 0 Å². The third kappa shape index (κ3) is 7.68. The first-order chi connectivity index (χ1) is 14.2. The summed E-state index contributed by atoms with van der Waals surface area (Å²) in [5.74, 6) is 3.58. The number of para-hydroxylation sites is 1. The van der Waals surface area contributed by atoms with Gasteiger partial charge in [-0.3, -0.25) is 0 Å². The molecule has 0 unspecified atom stereocenters. The predicted octanol–water partition coefficient (Wildman–Crippen LogP) is 4.85. The lowest BCUT2D eigenvalue weighted by molar-refractivity contribution is 0.281. The summed E-state index contributed by atoms with van der Waals surface area (Å²) in [7, 11) is 4.14. The highest BCUT2D eigenvalue weighted by atomic mass is 32.2. The summed E-state index contributed by atoms with van der Waals surface area (Å²) in [5.41, 5.74) is 1.08. The van der Waals surface area contributed by atoms with Crippen LogP contribution in [0.5, 0.6) is 11.5 Å². The summed E-state index contributed by atoms with van der Waals surface area (Å²) in [6.45, 7) is 2.45. The summed E-state index contributed by atoms with van der Waals surface area (Å²) >= 11 is 3.45. The Hall–Kier alpha value is -2.09. The fourth-order valence-electron chi connectivity index (χ4n) is 2.59. The van der Waals surface area contributed by atoms with Crippen molar-refractivity contribution in [3.8, 4) is 22.1 Å². The molecular weight excluding hydrogens is 402 g/mol. The number of ether oxygens (including phenoxy) is 2. The van der Waals surface area contributed by atoms with Gasteiger partial charge >= 0.3 is 0 Å². The second kappa shape index (κ2) is 11.8. The standard InChI is InChI=1S/C22H27N3O2S2/c1-25(2)13-6-14-26-20-11-9-18(10-12-20)22-24-23-21(29-22)17-28-16-15-27-19-7-4-3-5-8-19/h3-5,7-12H,6,13-17H2,1-2H3. The quantitative estimate of drug-likeness (QED) is 0.384. The van der Waals surface area contributed by atoms with E-state index in [4.69, 9.17) is 9.47 Å². The molecule has 0 aliphatic carbocycles. The van der Waals surface area contributed by atoms with Gasteiger partial charge in [0, 0.05) is 23.6 Å². The lowest BCUT2D eigenvalue weighted by Gasteiger charge is -2.10. The van der Waals surface area contributed by atoms with E-state index in [0.717, 1.165) is 58.2 Å². The number of nitrogens with zero attached hydrogens (tertiary/aromatic N) is 3. The maximum atomic E-state index is 5.79. The highest BCUT2D eigenvalue weighted by Gasteiger charge is 2.07. The Labute approximate surface area is 181 Å². The molecule has 154 valence electrons. The van der Waals surface area contributed by atoms with E-state index in [1.807, 2.05) is 66.4 Å². The first-order valence-corrected chi connectivity index (χ1v) is 11.6. The third-order valence-electron chi connectivity index (χ3n) is 4.05. The molecule has 0 amide bonds. The molecule has 0 saturated carbocycles. The van der Waals surface area contributed by atoms with Gasteiger partial charge in [-0.1, -0.05) is 29.5 Å². The van der Waals surface area contributed by atoms with Gasteiger partial charge < -0.3 is 14.4 Å². The molecule has 0 aliphatic rings. The number of benzene rings is 2. The van der Waals surface area contributed by atoms with Crippen LogP contribution in [0.4, 0.5) is 0 Å². The SMILES string of the molecule is CN(C)CCCOc1ccc(-c2nnc(CSCCOc3ccccc3)s2)cc1. The van der Waals surface area contributed by atoms with E-state index in [2.05, 4.69) is 29.2 Å². The average Bonchev–Trinajstić information content (AvgIpc) is 3.21. The van der Waals surface area contributed by atoms with Gasteiger partial charge in [-0.2, -0.15) is 11.8 Å². The summed E-state index contributed by atoms with van der Waals surface area (Å²) in [6, 6.07) is 18.0. The van der Waals surface area contributed by atoms with E-state index < -0.39 is 0 Å². The minimum absolute atomic E-state index is 0.691. The second-order valence-corrected chi connectivity index (χ2v) is 8.91. The molecule has 0 radical (unpaired) electrons. The van der Waals surface area contributed by atoms with Gasteiger partial charge in [0.15, 0.2) is 0 Å². The number of rotatable bonds is 12. The van der Waals surface area contributed by atoms with Gasteiger partial charge in [0.1, 0.15) is 21.5 Å². The summed E-state index contributed by atoms with van der Waals surface area (Å²) in [5, 5.41) is 10.6. The summed E-state index contributed by atoms with van der Waals surface area (Å²) < 4.78 is 11.5. The molecule has 0 atom stereocenters. The van der Waals surface area contributed by atoms with Crippen LogP contribution in [-0.4, -0.2) is 54.7 Å². The normalized spacial score (nSPS) is 11.0. The van der Waals surface area contributed by atoms with Gasteiger partial charge in [-0.15, -0.1) is 10.2 Å². The van der Waals surface area contributed by atoms with Crippen molar-refractivity contribution < 1.29 is 9.47 Å². The topological polar surface area (TPSA) is 47.5 Å². The monoisotopic (exact) mass is 429 g/mol. The molecule has 2 aromatic carbocycles. The van der Waals surface area contributed by atoms with Crippen molar-refractivity contribution in [2.75, 3.05) is 39.6 Å². The molecular formula is C22H27N3O2S2. The van der Waals surface area contributed by atoms with Gasteiger partial charge in [0.2, 0.25) is 0 Å². The Morgan fingerprint density at radius 2 is 1.62 bits per heavy atom. The highest BCUT2D eigenvalue weighted by Crippen LogP contribution is 2.27. The van der Waals surface area contributed by atoms with E-state index >= 15 is 0 Å². The fourth-order valence-corrected chi connectivity index (χ4v) is 4.29. The van der Waals surface area contributed by atoms with E-state index in [1.165, 1.54) is 0 Å². The molecule has 1 heterocycles. The van der Waals surface area contributed by atoms with Crippen LogP contribution in [0.25, 0.3) is 10.6 Å². The minimum Gasteiger partial charge on any atom is -0.494 e. The van der Waals surface area contributed by atoms with Gasteiger partial charge in [-0.05, 0) is 56.9 Å². The summed E-state index contributed by atoms with van der Waals surface area (Å²) in [4.78, 5) is 2.16. The molecule has 0 aliphatic heterocycles. The molecule has 0 N–H and O–H groups in total. The van der Waals surface area contributed by atoms with Crippen LogP contribution in [0.1, 0.15) is 11.4 Å². The first-order valence-electron chi connectivity index (χ1n) is 9.66. The van der Waals surface area contributed by atoms with Crippen molar-refractivity contribution in [2.24, 2.45) is 0 Å². The van der Waals surface area contributed by atoms with Crippen LogP contribution in [0, 0.1) is 0 Å². The van der Waals surface area contributed by atoms with Crippen LogP contribution in [0.3, 0.4) is 0 Å². The Balaban J connectivity index is 1.38. The molecule has 7 heteroatoms. The molecule has 0 spiro atoms. The zero-order valence-electron chi connectivity index (χ0n) is 16.9. The van der Waals surface area contributed by atoms with Crippen molar-refractivity contribution in [3.63, 3.8) is 0 Å². The molecule has 0 bridgehead atoms. The Kier molecular flexibility index (Phi) is 8.80. The Bertz CT molecular complexity index is 839. The number of hydrogen-bond donors (Lipinski definition) is 0. The second-order valence-electron chi connectivity index (χ2n) is 6.74. The lowest BCUT2D eigenvalue weighted by Crippen LogP contribution is -2.15. The van der Waals surface area contributed by atoms with Gasteiger partial charge in [0.05, 0.1) is 13.2 Å². The van der Waals surface area contributed by atoms with Gasteiger partial charge in [0.25, 0.3) is 0 Å². The first kappa shape index (κ1) is 21.6. The smallest absolute Gasteiger partial charge is 0.147 e.